The molecule has 0 atom stereocenters. The Kier molecular flexibility index (Phi) is 2.03. The third-order valence-corrected chi connectivity index (χ3v) is 2.62. The summed E-state index contributed by atoms with van der Waals surface area (Å²) in [5.74, 6) is 0.783. The average Bonchev–Trinajstić information content (AvgIpc) is 2.57. The maximum absolute atomic E-state index is 5.95. The molecule has 0 bridgehead atoms. The Labute approximate surface area is 88.3 Å². The van der Waals surface area contributed by atoms with Crippen LogP contribution in [0.15, 0.2) is 0 Å². The molecule has 2 aromatic heterocycles. The van der Waals surface area contributed by atoms with E-state index in [2.05, 4.69) is 15.1 Å². The summed E-state index contributed by atoms with van der Waals surface area (Å²) in [7, 11) is 1.87. The van der Waals surface area contributed by atoms with E-state index in [9.17, 15) is 0 Å². The fourth-order valence-electron chi connectivity index (χ4n) is 1.62. The number of nitrogen functional groups attached to an aromatic ring is 1. The smallest absolute Gasteiger partial charge is 0.158 e. The number of nitrogens with two attached hydrogens (primary N) is 1. The minimum atomic E-state index is 0.686. The fraction of sp³-hybridized carbons (Fsp3) is 0.400. The van der Waals surface area contributed by atoms with Gasteiger partial charge in [-0.15, -0.1) is 0 Å². The molecule has 80 valence electrons. The molecule has 0 aliphatic carbocycles. The van der Waals surface area contributed by atoms with Gasteiger partial charge in [-0.25, -0.2) is 4.98 Å². The van der Waals surface area contributed by atoms with Crippen molar-refractivity contribution in [3.8, 4) is 11.5 Å². The van der Waals surface area contributed by atoms with Crippen molar-refractivity contribution in [1.82, 2.24) is 19.7 Å². The van der Waals surface area contributed by atoms with Gasteiger partial charge in [-0.05, 0) is 20.8 Å². The number of nitrogens with zero attached hydrogens (tertiary/aromatic N) is 3. The van der Waals surface area contributed by atoms with Gasteiger partial charge in [-0.1, -0.05) is 0 Å². The van der Waals surface area contributed by atoms with Crippen LogP contribution in [0.3, 0.4) is 0 Å². The molecule has 0 saturated heterocycles. The van der Waals surface area contributed by atoms with E-state index < -0.39 is 0 Å². The van der Waals surface area contributed by atoms with Gasteiger partial charge < -0.3 is 10.7 Å². The van der Waals surface area contributed by atoms with Gasteiger partial charge in [-0.2, -0.15) is 5.10 Å². The van der Waals surface area contributed by atoms with Crippen LogP contribution >= 0.6 is 0 Å². The van der Waals surface area contributed by atoms with E-state index >= 15 is 0 Å². The van der Waals surface area contributed by atoms with Crippen molar-refractivity contribution in [3.05, 3.63) is 17.1 Å². The number of hydrogen-bond donors (Lipinski definition) is 2. The van der Waals surface area contributed by atoms with Gasteiger partial charge in [-0.3, -0.25) is 4.68 Å². The lowest BCUT2D eigenvalue weighted by Crippen LogP contribution is -1.97. The van der Waals surface area contributed by atoms with Crippen molar-refractivity contribution < 1.29 is 0 Å². The number of nitrogens with one attached hydrogen (secondary N) is 1. The van der Waals surface area contributed by atoms with E-state index in [1.807, 2.05) is 27.8 Å². The number of anilines is 1. The Morgan fingerprint density at radius 3 is 2.27 bits per heavy atom. The molecule has 0 fully saturated rings. The zero-order chi connectivity index (χ0) is 11.2. The van der Waals surface area contributed by atoms with Crippen LogP contribution in [0.2, 0.25) is 0 Å². The standard InChI is InChI=1S/C10H15N5/c1-5-6(2)13-10(12-5)9-8(11)7(3)14-15(9)4/h11H2,1-4H3,(H,12,13). The fourth-order valence-corrected chi connectivity index (χ4v) is 1.62. The van der Waals surface area contributed by atoms with Crippen LogP contribution in [0.4, 0.5) is 5.69 Å². The quantitative estimate of drug-likeness (QED) is 0.737. The maximum Gasteiger partial charge on any atom is 0.158 e. The molecule has 3 N–H and O–H groups in total. The first kappa shape index (κ1) is 9.76. The van der Waals surface area contributed by atoms with Crippen molar-refractivity contribution in [2.45, 2.75) is 20.8 Å². The molecule has 2 aromatic rings. The van der Waals surface area contributed by atoms with E-state index in [4.69, 9.17) is 5.73 Å². The largest absolute Gasteiger partial charge is 0.395 e. The highest BCUT2D eigenvalue weighted by Crippen LogP contribution is 2.25. The number of rotatable bonds is 1. The monoisotopic (exact) mass is 205 g/mol. The van der Waals surface area contributed by atoms with E-state index in [0.29, 0.717) is 5.69 Å². The van der Waals surface area contributed by atoms with Gasteiger partial charge >= 0.3 is 0 Å². The third kappa shape index (κ3) is 1.40. The van der Waals surface area contributed by atoms with Gasteiger partial charge in [0.15, 0.2) is 5.82 Å². The summed E-state index contributed by atoms with van der Waals surface area (Å²) < 4.78 is 1.75. The van der Waals surface area contributed by atoms with Crippen LogP contribution in [0, 0.1) is 20.8 Å². The summed E-state index contributed by atoms with van der Waals surface area (Å²) in [4.78, 5) is 7.62. The topological polar surface area (TPSA) is 72.5 Å². The van der Waals surface area contributed by atoms with E-state index in [1.165, 1.54) is 0 Å². The van der Waals surface area contributed by atoms with Gasteiger partial charge in [0.1, 0.15) is 5.69 Å². The predicted molar refractivity (Wildman–Crippen MR) is 59.4 cm³/mol. The summed E-state index contributed by atoms with van der Waals surface area (Å²) in [5, 5.41) is 4.26. The molecule has 2 heterocycles. The molecule has 0 radical (unpaired) electrons. The van der Waals surface area contributed by atoms with Crippen molar-refractivity contribution in [1.29, 1.82) is 0 Å². The molecule has 0 spiro atoms. The van der Waals surface area contributed by atoms with Crippen molar-refractivity contribution in [2.75, 3.05) is 5.73 Å². The average molecular weight is 205 g/mol. The Bertz CT molecular complexity index is 487. The van der Waals surface area contributed by atoms with Crippen LogP contribution in [0.5, 0.6) is 0 Å². The highest BCUT2D eigenvalue weighted by molar-refractivity contribution is 5.70. The van der Waals surface area contributed by atoms with Crippen molar-refractivity contribution in [3.63, 3.8) is 0 Å². The SMILES string of the molecule is Cc1nc(-c2c(N)c(C)nn2C)[nH]c1C. The number of H-pyrrole nitrogens is 1. The van der Waals surface area contributed by atoms with Crippen LogP contribution in [0.1, 0.15) is 17.1 Å². The zero-order valence-corrected chi connectivity index (χ0v) is 9.42. The molecule has 2 rings (SSSR count). The highest BCUT2D eigenvalue weighted by atomic mass is 15.3. The van der Waals surface area contributed by atoms with Gasteiger partial charge in [0.25, 0.3) is 0 Å². The second-order valence-electron chi connectivity index (χ2n) is 3.77. The number of hydrogen-bond acceptors (Lipinski definition) is 3. The molecule has 5 nitrogen and oxygen atoms in total. The number of aromatic amines is 1. The summed E-state index contributed by atoms with van der Waals surface area (Å²) in [5.41, 5.74) is 10.4. The molecule has 5 heteroatoms. The van der Waals surface area contributed by atoms with Crippen molar-refractivity contribution in [2.24, 2.45) is 7.05 Å². The zero-order valence-electron chi connectivity index (χ0n) is 9.42. The predicted octanol–water partition coefficient (Wildman–Crippen LogP) is 1.32. The number of aryl methyl sites for hydroxylation is 4. The van der Waals surface area contributed by atoms with E-state index in [1.54, 1.807) is 4.68 Å². The lowest BCUT2D eigenvalue weighted by Gasteiger charge is -1.98. The Hall–Kier alpha value is -1.78. The van der Waals surface area contributed by atoms with E-state index in [-0.39, 0.29) is 0 Å². The molecule has 0 amide bonds. The van der Waals surface area contributed by atoms with Crippen LogP contribution in [0.25, 0.3) is 11.5 Å². The summed E-state index contributed by atoms with van der Waals surface area (Å²) in [6, 6.07) is 0. The Morgan fingerprint density at radius 2 is 1.87 bits per heavy atom. The molecule has 0 saturated carbocycles. The molecule has 0 aliphatic rings. The van der Waals surface area contributed by atoms with Gasteiger partial charge in [0, 0.05) is 12.7 Å². The van der Waals surface area contributed by atoms with Crippen molar-refractivity contribution >= 4 is 5.69 Å². The lowest BCUT2D eigenvalue weighted by molar-refractivity contribution is 0.760. The summed E-state index contributed by atoms with van der Waals surface area (Å²) >= 11 is 0. The summed E-state index contributed by atoms with van der Waals surface area (Å²) in [6.45, 7) is 5.85. The first-order valence-electron chi connectivity index (χ1n) is 4.83. The normalized spacial score (nSPS) is 10.9. The second-order valence-corrected chi connectivity index (χ2v) is 3.77. The van der Waals surface area contributed by atoms with E-state index in [0.717, 1.165) is 28.6 Å². The second kappa shape index (κ2) is 3.12. The Balaban J connectivity index is 2.63. The molecule has 15 heavy (non-hydrogen) atoms. The molecule has 0 aliphatic heterocycles. The maximum atomic E-state index is 5.95. The minimum Gasteiger partial charge on any atom is -0.395 e. The first-order chi connectivity index (χ1) is 7.00. The highest BCUT2D eigenvalue weighted by Gasteiger charge is 2.15. The lowest BCUT2D eigenvalue weighted by atomic mass is 10.3. The number of imidazole rings is 1. The molecule has 0 aromatic carbocycles. The number of aromatic nitrogens is 4. The van der Waals surface area contributed by atoms with Crippen LogP contribution in [-0.2, 0) is 7.05 Å². The van der Waals surface area contributed by atoms with Crippen LogP contribution < -0.4 is 5.73 Å². The van der Waals surface area contributed by atoms with Gasteiger partial charge in [0.05, 0.1) is 17.1 Å². The summed E-state index contributed by atoms with van der Waals surface area (Å²) in [6.07, 6.45) is 0. The minimum absolute atomic E-state index is 0.686. The molecular weight excluding hydrogens is 190 g/mol. The molecule has 0 unspecified atom stereocenters. The van der Waals surface area contributed by atoms with Crippen LogP contribution in [-0.4, -0.2) is 19.7 Å². The first-order valence-corrected chi connectivity index (χ1v) is 4.83. The Morgan fingerprint density at radius 1 is 1.20 bits per heavy atom. The van der Waals surface area contributed by atoms with Gasteiger partial charge in [0.2, 0.25) is 0 Å². The third-order valence-electron chi connectivity index (χ3n) is 2.62. The molecular formula is C10H15N5.